The first kappa shape index (κ1) is 24.2. The fourth-order valence-corrected chi connectivity index (χ4v) is 5.19. The molecule has 1 saturated carbocycles. The number of hydrogen-bond acceptors (Lipinski definition) is 6. The molecule has 1 N–H and O–H groups in total. The van der Waals surface area contributed by atoms with Crippen LogP contribution in [0.15, 0.2) is 30.3 Å². The Morgan fingerprint density at radius 2 is 1.88 bits per heavy atom. The predicted molar refractivity (Wildman–Crippen MR) is 121 cm³/mol. The van der Waals surface area contributed by atoms with Crippen LogP contribution in [-0.2, 0) is 30.3 Å². The van der Waals surface area contributed by atoms with Gasteiger partial charge in [0.25, 0.3) is 0 Å². The molecule has 3 unspecified atom stereocenters. The van der Waals surface area contributed by atoms with Crippen molar-refractivity contribution in [3.63, 3.8) is 0 Å². The Labute approximate surface area is 190 Å². The Bertz CT molecular complexity index is 784. The lowest BCUT2D eigenvalue weighted by molar-refractivity contribution is -0.154. The van der Waals surface area contributed by atoms with E-state index in [1.54, 1.807) is 18.7 Å². The Hall–Kier alpha value is -2.41. The molecule has 0 bridgehead atoms. The highest BCUT2D eigenvalue weighted by molar-refractivity contribution is 5.89. The summed E-state index contributed by atoms with van der Waals surface area (Å²) >= 11 is 0. The summed E-state index contributed by atoms with van der Waals surface area (Å²) in [6.07, 6.45) is 6.01. The van der Waals surface area contributed by atoms with Crippen molar-refractivity contribution in [3.8, 4) is 0 Å². The Kier molecular flexibility index (Phi) is 8.67. The molecule has 1 aromatic rings. The molecule has 5 atom stereocenters. The van der Waals surface area contributed by atoms with Crippen molar-refractivity contribution < 1.29 is 23.9 Å². The van der Waals surface area contributed by atoms with E-state index in [9.17, 15) is 14.4 Å². The maximum Gasteiger partial charge on any atom is 0.328 e. The van der Waals surface area contributed by atoms with Gasteiger partial charge in [-0.3, -0.25) is 14.9 Å². The first-order valence-electron chi connectivity index (χ1n) is 11.8. The van der Waals surface area contributed by atoms with Crippen LogP contribution in [0.1, 0.15) is 57.9 Å². The van der Waals surface area contributed by atoms with Gasteiger partial charge in [0, 0.05) is 6.04 Å². The van der Waals surface area contributed by atoms with Crippen LogP contribution >= 0.6 is 0 Å². The zero-order valence-electron chi connectivity index (χ0n) is 19.4. The van der Waals surface area contributed by atoms with E-state index in [0.29, 0.717) is 25.2 Å². The topological polar surface area (TPSA) is 84.9 Å². The maximum atomic E-state index is 13.5. The molecular formula is C25H36N2O5. The van der Waals surface area contributed by atoms with Crippen molar-refractivity contribution in [1.29, 1.82) is 0 Å². The third-order valence-electron chi connectivity index (χ3n) is 6.77. The van der Waals surface area contributed by atoms with Gasteiger partial charge in [0.05, 0.1) is 19.8 Å². The SMILES string of the molecule is CCOC(=O)[C@H](CCc1ccccc1)N[C@@H](C)C(=O)N1C(C(=O)OC)CC2CCCCC21. The Balaban J connectivity index is 1.71. The highest BCUT2D eigenvalue weighted by Crippen LogP contribution is 2.40. The van der Waals surface area contributed by atoms with Crippen molar-refractivity contribution in [1.82, 2.24) is 10.2 Å². The van der Waals surface area contributed by atoms with E-state index < -0.39 is 18.1 Å². The third kappa shape index (κ3) is 5.68. The summed E-state index contributed by atoms with van der Waals surface area (Å²) in [6, 6.07) is 8.23. The van der Waals surface area contributed by atoms with Gasteiger partial charge < -0.3 is 14.4 Å². The number of fused-ring (bicyclic) bond motifs is 1. The minimum absolute atomic E-state index is 0.0648. The van der Waals surface area contributed by atoms with Crippen molar-refractivity contribution in [2.75, 3.05) is 13.7 Å². The van der Waals surface area contributed by atoms with Crippen LogP contribution in [0.25, 0.3) is 0 Å². The zero-order valence-corrected chi connectivity index (χ0v) is 19.4. The molecule has 0 radical (unpaired) electrons. The van der Waals surface area contributed by atoms with Gasteiger partial charge in [-0.1, -0.05) is 43.2 Å². The number of amides is 1. The lowest BCUT2D eigenvalue weighted by atomic mass is 9.84. The monoisotopic (exact) mass is 444 g/mol. The number of likely N-dealkylation sites (tertiary alicyclic amines) is 1. The number of carbonyl (C=O) groups is 3. The van der Waals surface area contributed by atoms with Gasteiger partial charge in [-0.25, -0.2) is 4.79 Å². The number of rotatable bonds is 9. The van der Waals surface area contributed by atoms with E-state index in [-0.39, 0.29) is 30.5 Å². The largest absolute Gasteiger partial charge is 0.467 e. The fourth-order valence-electron chi connectivity index (χ4n) is 5.19. The molecule has 176 valence electrons. The number of carbonyl (C=O) groups excluding carboxylic acids is 3. The standard InChI is InChI=1S/C25H36N2O5/c1-4-32-24(29)20(15-14-18-10-6-5-7-11-18)26-17(2)23(28)27-21-13-9-8-12-19(21)16-22(27)25(30)31-3/h5-7,10-11,17,19-22,26H,4,8-9,12-16H2,1-3H3/t17-,19?,20-,21?,22?/m0/s1. The van der Waals surface area contributed by atoms with Crippen molar-refractivity contribution in [3.05, 3.63) is 35.9 Å². The second-order valence-corrected chi connectivity index (χ2v) is 8.85. The second kappa shape index (κ2) is 11.5. The van der Waals surface area contributed by atoms with Gasteiger partial charge in [0.15, 0.2) is 0 Å². The van der Waals surface area contributed by atoms with E-state index in [1.165, 1.54) is 7.11 Å². The molecule has 1 aromatic carbocycles. The van der Waals surface area contributed by atoms with E-state index in [1.807, 2.05) is 30.3 Å². The average molecular weight is 445 g/mol. The lowest BCUT2D eigenvalue weighted by Crippen LogP contribution is -2.56. The molecule has 1 aliphatic heterocycles. The molecule has 7 nitrogen and oxygen atoms in total. The minimum atomic E-state index is -0.618. The highest BCUT2D eigenvalue weighted by atomic mass is 16.5. The van der Waals surface area contributed by atoms with Crippen LogP contribution in [0.5, 0.6) is 0 Å². The summed E-state index contributed by atoms with van der Waals surface area (Å²) in [5.74, 6) is -0.526. The Morgan fingerprint density at radius 3 is 2.56 bits per heavy atom. The van der Waals surface area contributed by atoms with Crippen LogP contribution in [0.3, 0.4) is 0 Å². The number of esters is 2. The molecule has 0 spiro atoms. The molecule has 1 aliphatic carbocycles. The Morgan fingerprint density at radius 1 is 1.16 bits per heavy atom. The van der Waals surface area contributed by atoms with Gasteiger partial charge in [0.2, 0.25) is 5.91 Å². The molecule has 7 heteroatoms. The summed E-state index contributed by atoms with van der Waals surface area (Å²) < 4.78 is 10.3. The van der Waals surface area contributed by atoms with Crippen LogP contribution in [0, 0.1) is 5.92 Å². The quantitative estimate of drug-likeness (QED) is 0.590. The average Bonchev–Trinajstić information content (AvgIpc) is 3.21. The molecule has 1 heterocycles. The third-order valence-corrected chi connectivity index (χ3v) is 6.77. The summed E-state index contributed by atoms with van der Waals surface area (Å²) in [4.78, 5) is 40.3. The highest BCUT2D eigenvalue weighted by Gasteiger charge is 2.49. The van der Waals surface area contributed by atoms with Gasteiger partial charge in [-0.15, -0.1) is 0 Å². The number of benzene rings is 1. The molecule has 2 aliphatic rings. The first-order valence-corrected chi connectivity index (χ1v) is 11.8. The maximum absolute atomic E-state index is 13.5. The van der Waals surface area contributed by atoms with E-state index in [0.717, 1.165) is 31.2 Å². The van der Waals surface area contributed by atoms with Gasteiger partial charge >= 0.3 is 11.9 Å². The number of hydrogen-bond donors (Lipinski definition) is 1. The van der Waals surface area contributed by atoms with Gasteiger partial charge in [-0.05, 0) is 57.4 Å². The normalized spacial score (nSPS) is 24.3. The molecule has 3 rings (SSSR count). The van der Waals surface area contributed by atoms with Crippen molar-refractivity contribution >= 4 is 17.8 Å². The molecule has 1 saturated heterocycles. The molecule has 0 aromatic heterocycles. The first-order chi connectivity index (χ1) is 15.5. The predicted octanol–water partition coefficient (Wildman–Crippen LogP) is 2.86. The second-order valence-electron chi connectivity index (χ2n) is 8.85. The van der Waals surface area contributed by atoms with Crippen LogP contribution < -0.4 is 5.32 Å². The van der Waals surface area contributed by atoms with E-state index >= 15 is 0 Å². The van der Waals surface area contributed by atoms with Crippen molar-refractivity contribution in [2.45, 2.75) is 83.0 Å². The summed E-state index contributed by atoms with van der Waals surface area (Å²) in [5.41, 5.74) is 1.12. The fraction of sp³-hybridized carbons (Fsp3) is 0.640. The van der Waals surface area contributed by atoms with Crippen LogP contribution in [0.4, 0.5) is 0 Å². The van der Waals surface area contributed by atoms with Crippen LogP contribution in [0.2, 0.25) is 0 Å². The number of methoxy groups -OCH3 is 1. The molecule has 32 heavy (non-hydrogen) atoms. The summed E-state index contributed by atoms with van der Waals surface area (Å²) in [6.45, 7) is 3.82. The number of nitrogens with zero attached hydrogens (tertiary/aromatic N) is 1. The smallest absolute Gasteiger partial charge is 0.328 e. The zero-order chi connectivity index (χ0) is 23.1. The number of aryl methyl sites for hydroxylation is 1. The van der Waals surface area contributed by atoms with E-state index in [2.05, 4.69) is 5.32 Å². The lowest BCUT2D eigenvalue weighted by Gasteiger charge is -2.35. The number of ether oxygens (including phenoxy) is 2. The van der Waals surface area contributed by atoms with Gasteiger partial charge in [-0.2, -0.15) is 0 Å². The van der Waals surface area contributed by atoms with Crippen molar-refractivity contribution in [2.24, 2.45) is 5.92 Å². The van der Waals surface area contributed by atoms with E-state index in [4.69, 9.17) is 9.47 Å². The molecule has 1 amide bonds. The summed E-state index contributed by atoms with van der Waals surface area (Å²) in [5, 5.41) is 3.20. The molecular weight excluding hydrogens is 408 g/mol. The van der Waals surface area contributed by atoms with Gasteiger partial charge in [0.1, 0.15) is 12.1 Å². The molecule has 2 fully saturated rings. The number of nitrogens with one attached hydrogen (secondary N) is 1. The van der Waals surface area contributed by atoms with Crippen LogP contribution in [-0.4, -0.2) is 60.6 Å². The minimum Gasteiger partial charge on any atom is -0.467 e. The summed E-state index contributed by atoms with van der Waals surface area (Å²) in [7, 11) is 1.37.